The van der Waals surface area contributed by atoms with Gasteiger partial charge in [-0.25, -0.2) is 9.97 Å². The van der Waals surface area contributed by atoms with Gasteiger partial charge in [0.1, 0.15) is 5.82 Å². The minimum atomic E-state index is 0.669. The van der Waals surface area contributed by atoms with Crippen LogP contribution in [0, 0.1) is 6.92 Å². The summed E-state index contributed by atoms with van der Waals surface area (Å²) in [5.74, 6) is 0.669. The van der Waals surface area contributed by atoms with Crippen LogP contribution in [0.1, 0.15) is 23.9 Å². The molecule has 0 unspecified atom stereocenters. The molecule has 0 fully saturated rings. The summed E-state index contributed by atoms with van der Waals surface area (Å²) in [7, 11) is 0. The highest BCUT2D eigenvalue weighted by Crippen LogP contribution is 2.34. The predicted octanol–water partition coefficient (Wildman–Crippen LogP) is 9.64. The van der Waals surface area contributed by atoms with Gasteiger partial charge in [-0.05, 0) is 137 Å². The van der Waals surface area contributed by atoms with Gasteiger partial charge in [0.2, 0.25) is 0 Å². The smallest absolute Gasteiger partial charge is 0.126 e. The molecule has 5 aromatic rings. The van der Waals surface area contributed by atoms with Crippen molar-refractivity contribution < 1.29 is 0 Å². The number of aliphatic imine (C=N–C) groups is 2. The first kappa shape index (κ1) is 31.3. The van der Waals surface area contributed by atoms with Crippen LogP contribution in [0.2, 0.25) is 0 Å². The molecule has 3 aromatic heterocycles. The Labute approximate surface area is 270 Å². The maximum absolute atomic E-state index is 4.90. The van der Waals surface area contributed by atoms with Crippen molar-refractivity contribution >= 4 is 23.6 Å². The average Bonchev–Trinajstić information content (AvgIpc) is 3.10. The Bertz CT molecular complexity index is 2000. The Balaban J connectivity index is 1.69. The van der Waals surface area contributed by atoms with Crippen molar-refractivity contribution in [2.45, 2.75) is 13.8 Å². The van der Waals surface area contributed by atoms with Gasteiger partial charge < -0.3 is 0 Å². The number of hydrogen-bond acceptors (Lipinski definition) is 6. The van der Waals surface area contributed by atoms with E-state index in [1.807, 2.05) is 55.5 Å². The van der Waals surface area contributed by atoms with E-state index in [4.69, 9.17) is 9.97 Å². The van der Waals surface area contributed by atoms with Gasteiger partial charge in [-0.15, -0.1) is 0 Å². The number of nitrogens with zero attached hydrogens (tertiary/aromatic N) is 6. The van der Waals surface area contributed by atoms with Gasteiger partial charge in [0.15, 0.2) is 0 Å². The van der Waals surface area contributed by atoms with Crippen molar-refractivity contribution in [3.05, 3.63) is 159 Å². The second kappa shape index (κ2) is 15.0. The molecule has 0 saturated heterocycles. The summed E-state index contributed by atoms with van der Waals surface area (Å²) in [4.78, 5) is 26.5. The molecule has 6 heteroatoms. The average molecular weight is 599 g/mol. The number of rotatable bonds is 11. The molecule has 0 radical (unpaired) electrons. The van der Waals surface area contributed by atoms with Crippen molar-refractivity contribution in [3.63, 3.8) is 0 Å². The van der Waals surface area contributed by atoms with Gasteiger partial charge in [0, 0.05) is 60.7 Å². The maximum Gasteiger partial charge on any atom is 0.126 e. The third kappa shape index (κ3) is 7.68. The van der Waals surface area contributed by atoms with E-state index in [0.29, 0.717) is 5.82 Å². The summed E-state index contributed by atoms with van der Waals surface area (Å²) in [6, 6.07) is 22.9. The molecule has 0 spiro atoms. The fourth-order valence-electron chi connectivity index (χ4n) is 5.01. The number of aryl methyl sites for hydroxylation is 1. The highest BCUT2D eigenvalue weighted by Gasteiger charge is 2.13. The molecular weight excluding hydrogens is 564 g/mol. The molecule has 0 saturated carbocycles. The van der Waals surface area contributed by atoms with Gasteiger partial charge in [-0.3, -0.25) is 20.0 Å². The first-order valence-corrected chi connectivity index (χ1v) is 14.7. The predicted molar refractivity (Wildman–Crippen MR) is 193 cm³/mol. The molecule has 2 aromatic carbocycles. The highest BCUT2D eigenvalue weighted by atomic mass is 14.9. The molecule has 0 amide bonds. The second-order valence-corrected chi connectivity index (χ2v) is 10.4. The minimum Gasteiger partial charge on any atom is -0.265 e. The lowest BCUT2D eigenvalue weighted by Gasteiger charge is -2.14. The van der Waals surface area contributed by atoms with Crippen LogP contribution in [0.25, 0.3) is 55.9 Å². The Morgan fingerprint density at radius 2 is 1.07 bits per heavy atom. The quantitative estimate of drug-likeness (QED) is 0.112. The minimum absolute atomic E-state index is 0.669. The van der Waals surface area contributed by atoms with Crippen LogP contribution in [0.3, 0.4) is 0 Å². The van der Waals surface area contributed by atoms with E-state index in [9.17, 15) is 0 Å². The molecule has 0 atom stereocenters. The van der Waals surface area contributed by atoms with E-state index >= 15 is 0 Å². The summed E-state index contributed by atoms with van der Waals surface area (Å²) < 4.78 is 0. The van der Waals surface area contributed by atoms with Crippen molar-refractivity contribution in [2.75, 3.05) is 0 Å². The Morgan fingerprint density at radius 3 is 1.59 bits per heavy atom. The van der Waals surface area contributed by atoms with Crippen LogP contribution in [0.15, 0.2) is 152 Å². The third-order valence-electron chi connectivity index (χ3n) is 7.29. The largest absolute Gasteiger partial charge is 0.265 e. The summed E-state index contributed by atoms with van der Waals surface area (Å²) in [5, 5.41) is 0. The number of aromatic nitrogens is 4. The molecule has 0 N–H and O–H groups in total. The van der Waals surface area contributed by atoms with Gasteiger partial charge in [-0.1, -0.05) is 25.8 Å². The van der Waals surface area contributed by atoms with E-state index in [1.165, 1.54) is 12.4 Å². The van der Waals surface area contributed by atoms with E-state index < -0.39 is 0 Å². The van der Waals surface area contributed by atoms with Crippen LogP contribution in [0.5, 0.6) is 0 Å². The molecule has 224 valence electrons. The Morgan fingerprint density at radius 1 is 0.587 bits per heavy atom. The van der Waals surface area contributed by atoms with Crippen LogP contribution in [0.4, 0.5) is 0 Å². The topological polar surface area (TPSA) is 76.3 Å². The molecule has 6 nitrogen and oxygen atoms in total. The molecular formula is C40H34N6. The molecule has 0 aliphatic carbocycles. The SMILES string of the molecule is C=C/N=C\C=C(/C)c1cc(-c2ccncc2)cc(-c2cc(-c3cc(/C(C=C)=C/C=N\C=C)cc(-c4ccncc4)c3)nc(C)n2)c1. The highest BCUT2D eigenvalue weighted by molar-refractivity contribution is 5.91. The first-order valence-electron chi connectivity index (χ1n) is 14.7. The van der Waals surface area contributed by atoms with Crippen LogP contribution in [-0.4, -0.2) is 32.4 Å². The number of allylic oxidation sites excluding steroid dienone is 5. The lowest BCUT2D eigenvalue weighted by molar-refractivity contribution is 1.06. The van der Waals surface area contributed by atoms with Crippen molar-refractivity contribution in [3.8, 4) is 44.8 Å². The lowest BCUT2D eigenvalue weighted by atomic mass is 9.93. The molecule has 0 aliphatic heterocycles. The standard InChI is InChI=1S/C40H34N6/c1-6-30(10-16-42-8-3)34-23-36(32-13-19-44-20-14-32)26-38(24-34)40-27-39(45-29(5)46-40)37-22-33(28(4)9-15-41-7-2)21-35(25-37)31-11-17-43-18-12-31/h6-27H,1-3H2,4-5H3/b28-9+,30-10+,41-15-,42-16-. The van der Waals surface area contributed by atoms with E-state index in [2.05, 4.69) is 83.0 Å². The fourth-order valence-corrected chi connectivity index (χ4v) is 5.01. The lowest BCUT2D eigenvalue weighted by Crippen LogP contribution is -1.97. The molecule has 3 heterocycles. The number of benzene rings is 2. The van der Waals surface area contributed by atoms with Crippen LogP contribution >= 0.6 is 0 Å². The van der Waals surface area contributed by atoms with Gasteiger partial charge in [0.25, 0.3) is 0 Å². The van der Waals surface area contributed by atoms with Crippen molar-refractivity contribution in [1.82, 2.24) is 19.9 Å². The molecule has 5 rings (SSSR count). The number of hydrogen-bond donors (Lipinski definition) is 0. The van der Waals surface area contributed by atoms with E-state index in [-0.39, 0.29) is 0 Å². The van der Waals surface area contributed by atoms with Gasteiger partial charge in [0.05, 0.1) is 11.4 Å². The van der Waals surface area contributed by atoms with Crippen molar-refractivity contribution in [1.29, 1.82) is 0 Å². The molecule has 0 aliphatic rings. The normalized spacial score (nSPS) is 12.0. The Kier molecular flexibility index (Phi) is 10.2. The van der Waals surface area contributed by atoms with Gasteiger partial charge >= 0.3 is 0 Å². The van der Waals surface area contributed by atoms with E-state index in [1.54, 1.807) is 37.2 Å². The monoisotopic (exact) mass is 598 g/mol. The van der Waals surface area contributed by atoms with Gasteiger partial charge in [-0.2, -0.15) is 0 Å². The fraction of sp³-hybridized carbons (Fsp3) is 0.0500. The van der Waals surface area contributed by atoms with Crippen molar-refractivity contribution in [2.24, 2.45) is 9.98 Å². The van der Waals surface area contributed by atoms with Crippen LogP contribution in [-0.2, 0) is 0 Å². The Hall–Kier alpha value is -6.14. The van der Waals surface area contributed by atoms with E-state index in [0.717, 1.165) is 67.0 Å². The summed E-state index contributed by atoms with van der Waals surface area (Å²) in [5.41, 5.74) is 11.8. The zero-order valence-corrected chi connectivity index (χ0v) is 26.0. The summed E-state index contributed by atoms with van der Waals surface area (Å²) in [6.45, 7) is 15.4. The molecule has 46 heavy (non-hydrogen) atoms. The molecule has 0 bridgehead atoms. The number of pyridine rings is 2. The second-order valence-electron chi connectivity index (χ2n) is 10.4. The summed E-state index contributed by atoms with van der Waals surface area (Å²) >= 11 is 0. The zero-order valence-electron chi connectivity index (χ0n) is 26.0. The zero-order chi connectivity index (χ0) is 32.3. The van der Waals surface area contributed by atoms with Crippen LogP contribution < -0.4 is 0 Å². The summed E-state index contributed by atoms with van der Waals surface area (Å²) in [6.07, 6.45) is 19.4. The third-order valence-corrected chi connectivity index (χ3v) is 7.29. The first-order chi connectivity index (χ1) is 22.5. The maximum atomic E-state index is 4.90.